The van der Waals surface area contributed by atoms with Crippen molar-refractivity contribution in [2.24, 2.45) is 5.41 Å². The zero-order chi connectivity index (χ0) is 16.4. The Morgan fingerprint density at radius 2 is 2.26 bits per heavy atom. The van der Waals surface area contributed by atoms with Gasteiger partial charge >= 0.3 is 5.97 Å². The van der Waals surface area contributed by atoms with E-state index < -0.39 is 11.4 Å². The van der Waals surface area contributed by atoms with E-state index in [4.69, 9.17) is 4.52 Å². The topological polar surface area (TPSA) is 96.5 Å². The molecule has 2 aromatic heterocycles. The molecule has 1 unspecified atom stereocenters. The van der Waals surface area contributed by atoms with Crippen LogP contribution >= 0.6 is 0 Å². The number of amides is 1. The van der Waals surface area contributed by atoms with Crippen LogP contribution in [0.15, 0.2) is 35.1 Å². The molecule has 1 atom stereocenters. The minimum Gasteiger partial charge on any atom is -0.481 e. The molecule has 0 spiro atoms. The summed E-state index contributed by atoms with van der Waals surface area (Å²) in [4.78, 5) is 29.5. The highest BCUT2D eigenvalue weighted by Gasteiger charge is 2.40. The van der Waals surface area contributed by atoms with E-state index in [-0.39, 0.29) is 18.1 Å². The van der Waals surface area contributed by atoms with Gasteiger partial charge in [0, 0.05) is 37.1 Å². The number of carboxylic acids is 1. The van der Waals surface area contributed by atoms with Gasteiger partial charge in [0.15, 0.2) is 11.5 Å². The van der Waals surface area contributed by atoms with Gasteiger partial charge in [-0.05, 0) is 31.9 Å². The van der Waals surface area contributed by atoms with Crippen molar-refractivity contribution in [1.82, 2.24) is 15.0 Å². The predicted molar refractivity (Wildman–Crippen MR) is 80.6 cm³/mol. The molecular formula is C16H17N3O4. The number of carbonyl (C=O) groups excluding carboxylic acids is 1. The number of aromatic nitrogens is 2. The lowest BCUT2D eigenvalue weighted by Gasteiger charge is -2.37. The lowest BCUT2D eigenvalue weighted by atomic mass is 9.82. The van der Waals surface area contributed by atoms with Gasteiger partial charge in [0.05, 0.1) is 5.41 Å². The fourth-order valence-corrected chi connectivity index (χ4v) is 2.77. The summed E-state index contributed by atoms with van der Waals surface area (Å²) >= 11 is 0. The fourth-order valence-electron chi connectivity index (χ4n) is 2.77. The molecule has 2 aromatic rings. The average molecular weight is 315 g/mol. The maximum Gasteiger partial charge on any atom is 0.311 e. The lowest BCUT2D eigenvalue weighted by molar-refractivity contribution is -0.150. The van der Waals surface area contributed by atoms with E-state index in [9.17, 15) is 14.7 Å². The van der Waals surface area contributed by atoms with Crippen molar-refractivity contribution < 1.29 is 19.2 Å². The van der Waals surface area contributed by atoms with Crippen LogP contribution in [0.25, 0.3) is 11.3 Å². The van der Waals surface area contributed by atoms with Crippen molar-refractivity contribution in [3.8, 4) is 11.3 Å². The molecule has 1 fully saturated rings. The third-order valence-corrected chi connectivity index (χ3v) is 4.18. The summed E-state index contributed by atoms with van der Waals surface area (Å²) in [7, 11) is 0. The van der Waals surface area contributed by atoms with Crippen molar-refractivity contribution >= 4 is 11.9 Å². The van der Waals surface area contributed by atoms with Crippen LogP contribution in [-0.2, 0) is 4.79 Å². The first-order valence-electron chi connectivity index (χ1n) is 7.39. The number of pyridine rings is 1. The molecule has 1 amide bonds. The smallest absolute Gasteiger partial charge is 0.311 e. The SMILES string of the molecule is CC1(C(=O)O)CCCN(C(=O)c2cc(-c3cccnc3)on2)C1. The Hall–Kier alpha value is -2.70. The molecule has 7 nitrogen and oxygen atoms in total. The van der Waals surface area contributed by atoms with Gasteiger partial charge in [-0.15, -0.1) is 0 Å². The summed E-state index contributed by atoms with van der Waals surface area (Å²) in [5.41, 5.74) is -0.00402. The average Bonchev–Trinajstić information content (AvgIpc) is 3.05. The van der Waals surface area contributed by atoms with Gasteiger partial charge in [0.2, 0.25) is 0 Å². The van der Waals surface area contributed by atoms with Crippen LogP contribution in [0.1, 0.15) is 30.3 Å². The highest BCUT2D eigenvalue weighted by molar-refractivity contribution is 5.93. The van der Waals surface area contributed by atoms with Gasteiger partial charge in [0.25, 0.3) is 5.91 Å². The molecule has 3 heterocycles. The largest absolute Gasteiger partial charge is 0.481 e. The third-order valence-electron chi connectivity index (χ3n) is 4.18. The number of rotatable bonds is 3. The van der Waals surface area contributed by atoms with Crippen LogP contribution < -0.4 is 0 Å². The molecule has 0 aliphatic carbocycles. The van der Waals surface area contributed by atoms with Gasteiger partial charge in [-0.1, -0.05) is 5.16 Å². The Kier molecular flexibility index (Phi) is 3.85. The van der Waals surface area contributed by atoms with Crippen molar-refractivity contribution in [3.05, 3.63) is 36.3 Å². The minimum atomic E-state index is -0.913. The molecule has 1 N–H and O–H groups in total. The van der Waals surface area contributed by atoms with E-state index in [1.807, 2.05) is 6.07 Å². The van der Waals surface area contributed by atoms with E-state index in [0.717, 1.165) is 5.56 Å². The molecule has 7 heteroatoms. The first-order chi connectivity index (χ1) is 11.0. The van der Waals surface area contributed by atoms with Crippen molar-refractivity contribution in [1.29, 1.82) is 0 Å². The van der Waals surface area contributed by atoms with Crippen LogP contribution in [0.2, 0.25) is 0 Å². The van der Waals surface area contributed by atoms with Crippen LogP contribution in [0.3, 0.4) is 0 Å². The number of hydrogen-bond donors (Lipinski definition) is 1. The molecule has 1 aliphatic heterocycles. The number of piperidine rings is 1. The molecule has 23 heavy (non-hydrogen) atoms. The second kappa shape index (κ2) is 5.83. The zero-order valence-electron chi connectivity index (χ0n) is 12.7. The predicted octanol–water partition coefficient (Wildman–Crippen LogP) is 2.06. The Morgan fingerprint density at radius 1 is 1.43 bits per heavy atom. The highest BCUT2D eigenvalue weighted by atomic mass is 16.5. The summed E-state index contributed by atoms with van der Waals surface area (Å²) in [5, 5.41) is 13.2. The van der Waals surface area contributed by atoms with Gasteiger partial charge in [-0.3, -0.25) is 14.6 Å². The summed E-state index contributed by atoms with van der Waals surface area (Å²) < 4.78 is 5.21. The highest BCUT2D eigenvalue weighted by Crippen LogP contribution is 2.30. The van der Waals surface area contributed by atoms with Gasteiger partial charge in [0.1, 0.15) is 0 Å². The number of carbonyl (C=O) groups is 2. The molecule has 0 saturated carbocycles. The second-order valence-electron chi connectivity index (χ2n) is 6.01. The molecular weight excluding hydrogens is 298 g/mol. The summed E-state index contributed by atoms with van der Waals surface area (Å²) in [6.07, 6.45) is 4.48. The maximum atomic E-state index is 12.5. The number of hydrogen-bond acceptors (Lipinski definition) is 5. The number of aliphatic carboxylic acids is 1. The number of carboxylic acid groups (broad SMARTS) is 1. The van der Waals surface area contributed by atoms with Crippen molar-refractivity contribution in [2.45, 2.75) is 19.8 Å². The minimum absolute atomic E-state index is 0.177. The number of likely N-dealkylation sites (tertiary alicyclic amines) is 1. The van der Waals surface area contributed by atoms with Gasteiger partial charge < -0.3 is 14.5 Å². The van der Waals surface area contributed by atoms with Crippen LogP contribution in [0.5, 0.6) is 0 Å². The molecule has 0 radical (unpaired) electrons. The first-order valence-corrected chi connectivity index (χ1v) is 7.39. The van der Waals surface area contributed by atoms with E-state index in [1.165, 1.54) is 4.90 Å². The summed E-state index contributed by atoms with van der Waals surface area (Å²) in [6, 6.07) is 5.14. The fraction of sp³-hybridized carbons (Fsp3) is 0.375. The van der Waals surface area contributed by atoms with Gasteiger partial charge in [-0.25, -0.2) is 0 Å². The van der Waals surface area contributed by atoms with E-state index in [0.29, 0.717) is 25.1 Å². The quantitative estimate of drug-likeness (QED) is 0.931. The number of nitrogens with zero attached hydrogens (tertiary/aromatic N) is 3. The van der Waals surface area contributed by atoms with Crippen LogP contribution in [-0.4, -0.2) is 45.1 Å². The summed E-state index contributed by atoms with van der Waals surface area (Å²) in [6.45, 7) is 2.37. The van der Waals surface area contributed by atoms with Crippen LogP contribution in [0, 0.1) is 5.41 Å². The molecule has 0 bridgehead atoms. The summed E-state index contributed by atoms with van der Waals surface area (Å²) in [5.74, 6) is -0.735. The van der Waals surface area contributed by atoms with E-state index >= 15 is 0 Å². The molecule has 0 aromatic carbocycles. The van der Waals surface area contributed by atoms with Crippen LogP contribution in [0.4, 0.5) is 0 Å². The third kappa shape index (κ3) is 2.94. The lowest BCUT2D eigenvalue weighted by Crippen LogP contribution is -2.48. The normalized spacial score (nSPS) is 21.2. The maximum absolute atomic E-state index is 12.5. The molecule has 1 aliphatic rings. The monoisotopic (exact) mass is 315 g/mol. The second-order valence-corrected chi connectivity index (χ2v) is 6.01. The Bertz CT molecular complexity index is 728. The van der Waals surface area contributed by atoms with E-state index in [1.54, 1.807) is 31.5 Å². The zero-order valence-corrected chi connectivity index (χ0v) is 12.7. The Balaban J connectivity index is 1.79. The Labute approximate surface area is 132 Å². The molecule has 3 rings (SSSR count). The van der Waals surface area contributed by atoms with E-state index in [2.05, 4.69) is 10.1 Å². The Morgan fingerprint density at radius 3 is 2.96 bits per heavy atom. The molecule has 1 saturated heterocycles. The van der Waals surface area contributed by atoms with Crippen molar-refractivity contribution in [2.75, 3.05) is 13.1 Å². The standard InChI is InChI=1S/C16H17N3O4/c1-16(15(21)22)5-3-7-19(10-16)14(20)12-8-13(23-18-12)11-4-2-6-17-9-11/h2,4,6,8-9H,3,5,7,10H2,1H3,(H,21,22). The van der Waals surface area contributed by atoms with Crippen molar-refractivity contribution in [3.63, 3.8) is 0 Å². The first kappa shape index (κ1) is 15.2. The molecule has 120 valence electrons. The van der Waals surface area contributed by atoms with Gasteiger partial charge in [-0.2, -0.15) is 0 Å².